The van der Waals surface area contributed by atoms with Crippen molar-refractivity contribution in [2.24, 2.45) is 0 Å². The molecule has 8 heterocycles. The number of nitrogens with two attached hydrogens (primary N) is 2. The van der Waals surface area contributed by atoms with E-state index in [1.54, 1.807) is 12.4 Å². The number of nitrogens with one attached hydrogen (secondary N) is 4. The van der Waals surface area contributed by atoms with Gasteiger partial charge in [-0.05, 0) is 84.9 Å². The van der Waals surface area contributed by atoms with Crippen molar-refractivity contribution in [3.8, 4) is 11.5 Å². The SMILES string of the molecule is Nc1ncnc2c1cnn2CCCOc1c2[nH]c3ccc(Cl)cc3c2cc2c1[nH]c1ccc(Cl)cc12.Nc1ncnc2cnn(CCCOc3c4[nH]c5ccc(Cl)cc5c4cc4c3[nH]c3ccc(Cl)cc34)c12. The van der Waals surface area contributed by atoms with E-state index in [1.807, 2.05) is 82.2 Å². The summed E-state index contributed by atoms with van der Waals surface area (Å²) in [7, 11) is 0. The molecule has 0 saturated carbocycles. The quantitative estimate of drug-likeness (QED) is 0.0711. The number of ether oxygens (including phenoxy) is 2. The first-order chi connectivity index (χ1) is 35.1. The van der Waals surface area contributed by atoms with Gasteiger partial charge in [0.15, 0.2) is 23.0 Å². The van der Waals surface area contributed by atoms with Crippen molar-refractivity contribution in [3.05, 3.63) is 130 Å². The Morgan fingerprint density at radius 3 is 1.33 bits per heavy atom. The molecule has 0 atom stereocenters. The molecular weight excluding hydrogens is 994 g/mol. The van der Waals surface area contributed by atoms with Crippen molar-refractivity contribution in [2.75, 3.05) is 24.7 Å². The molecule has 356 valence electrons. The van der Waals surface area contributed by atoms with Crippen molar-refractivity contribution < 1.29 is 9.47 Å². The van der Waals surface area contributed by atoms with Crippen LogP contribution in [-0.2, 0) is 13.1 Å². The molecule has 8 N–H and O–H groups in total. The third-order valence-electron chi connectivity index (χ3n) is 13.1. The van der Waals surface area contributed by atoms with E-state index in [4.69, 9.17) is 67.3 Å². The lowest BCUT2D eigenvalue weighted by Gasteiger charge is -2.10. The van der Waals surface area contributed by atoms with Crippen LogP contribution in [0.25, 0.3) is 109 Å². The van der Waals surface area contributed by atoms with Gasteiger partial charge in [-0.3, -0.25) is 4.68 Å². The molecular formula is C52H38Cl4N14O2. The molecule has 0 radical (unpaired) electrons. The van der Waals surface area contributed by atoms with Crippen LogP contribution in [0.5, 0.6) is 11.5 Å². The molecule has 0 bridgehead atoms. The Balaban J connectivity index is 0.000000140. The Morgan fingerprint density at radius 2 is 0.861 bits per heavy atom. The first-order valence-corrected chi connectivity index (χ1v) is 24.4. The summed E-state index contributed by atoms with van der Waals surface area (Å²) >= 11 is 25.4. The number of rotatable bonds is 10. The minimum atomic E-state index is 0.415. The van der Waals surface area contributed by atoms with Gasteiger partial charge >= 0.3 is 0 Å². The van der Waals surface area contributed by atoms with E-state index < -0.39 is 0 Å². The fourth-order valence-electron chi connectivity index (χ4n) is 9.85. The lowest BCUT2D eigenvalue weighted by Crippen LogP contribution is -2.07. The van der Waals surface area contributed by atoms with Gasteiger partial charge in [-0.2, -0.15) is 10.2 Å². The zero-order valence-corrected chi connectivity index (χ0v) is 40.7. The molecule has 14 aromatic rings. The Labute approximate surface area is 426 Å². The predicted octanol–water partition coefficient (Wildman–Crippen LogP) is 12.9. The molecule has 20 heteroatoms. The van der Waals surface area contributed by atoms with Gasteiger partial charge in [0.2, 0.25) is 0 Å². The first-order valence-electron chi connectivity index (χ1n) is 22.9. The summed E-state index contributed by atoms with van der Waals surface area (Å²) in [4.78, 5) is 30.8. The molecule has 14 rings (SSSR count). The van der Waals surface area contributed by atoms with Crippen molar-refractivity contribution in [3.63, 3.8) is 0 Å². The highest BCUT2D eigenvalue weighted by Gasteiger charge is 2.21. The van der Waals surface area contributed by atoms with E-state index in [0.29, 0.717) is 70.1 Å². The summed E-state index contributed by atoms with van der Waals surface area (Å²) in [6.07, 6.45) is 7.72. The largest absolute Gasteiger partial charge is 0.489 e. The van der Waals surface area contributed by atoms with Gasteiger partial charge in [0.1, 0.15) is 29.5 Å². The van der Waals surface area contributed by atoms with Crippen LogP contribution in [0.15, 0.2) is 110 Å². The Morgan fingerprint density at radius 1 is 0.444 bits per heavy atom. The summed E-state index contributed by atoms with van der Waals surface area (Å²) in [6.45, 7) is 2.19. The number of H-pyrrole nitrogens is 4. The smallest absolute Gasteiger partial charge is 0.167 e. The maximum Gasteiger partial charge on any atom is 0.167 e. The van der Waals surface area contributed by atoms with Crippen molar-refractivity contribution in [1.82, 2.24) is 59.4 Å². The Bertz CT molecular complexity index is 4290. The maximum absolute atomic E-state index is 6.46. The highest BCUT2D eigenvalue weighted by molar-refractivity contribution is 6.34. The minimum absolute atomic E-state index is 0.415. The standard InChI is InChI=1S/2C26H19Cl2N7O/c27-13-2-4-20-15(8-13)17-10-18-16-9-14(28)3-5-21(16)34-23(18)24(22(17)33-20)36-7-1-6-35-26-19(11-32-35)25(29)30-12-31-26;27-13-2-4-19-15(8-13)17-10-18-16-9-14(28)3-5-20(16)34-23(18)25(22(17)33-19)36-7-1-6-35-24-21(11-32-35)30-12-31-26(24)29/h2*2-5,8-12,33-34H,1,6-7H2,(H2,29,30,31). The third-order valence-corrected chi connectivity index (χ3v) is 14.1. The van der Waals surface area contributed by atoms with Crippen LogP contribution in [0.2, 0.25) is 20.1 Å². The van der Waals surface area contributed by atoms with Crippen LogP contribution in [0.1, 0.15) is 12.8 Å². The highest BCUT2D eigenvalue weighted by Crippen LogP contribution is 2.44. The van der Waals surface area contributed by atoms with Crippen molar-refractivity contribution >= 4 is 167 Å². The third kappa shape index (κ3) is 7.44. The summed E-state index contributed by atoms with van der Waals surface area (Å²) in [6, 6.07) is 27.7. The van der Waals surface area contributed by atoms with Gasteiger partial charge < -0.3 is 40.9 Å². The number of aryl methyl sites for hydroxylation is 2. The molecule has 0 amide bonds. The van der Waals surface area contributed by atoms with E-state index >= 15 is 0 Å². The molecule has 16 nitrogen and oxygen atoms in total. The molecule has 72 heavy (non-hydrogen) atoms. The fourth-order valence-corrected chi connectivity index (χ4v) is 10.5. The highest BCUT2D eigenvalue weighted by atomic mass is 35.5. The molecule has 0 saturated heterocycles. The molecule has 0 aliphatic carbocycles. The van der Waals surface area contributed by atoms with Gasteiger partial charge in [-0.15, -0.1) is 0 Å². The number of aromatic nitrogens is 12. The van der Waals surface area contributed by atoms with Crippen LogP contribution in [0.3, 0.4) is 0 Å². The van der Waals surface area contributed by atoms with Crippen LogP contribution >= 0.6 is 46.4 Å². The van der Waals surface area contributed by atoms with Crippen LogP contribution in [0.4, 0.5) is 11.6 Å². The minimum Gasteiger partial charge on any atom is -0.489 e. The molecule has 0 aliphatic heterocycles. The lowest BCUT2D eigenvalue weighted by molar-refractivity contribution is 0.305. The fraction of sp³-hybridized carbons (Fsp3) is 0.115. The topological polar surface area (TPSA) is 221 Å². The van der Waals surface area contributed by atoms with Gasteiger partial charge in [-0.1, -0.05) is 46.4 Å². The van der Waals surface area contributed by atoms with Crippen molar-refractivity contribution in [1.29, 1.82) is 0 Å². The zero-order valence-electron chi connectivity index (χ0n) is 37.7. The number of aromatic amines is 4. The summed E-state index contributed by atoms with van der Waals surface area (Å²) in [5, 5.41) is 20.6. The number of hydrogen-bond donors (Lipinski definition) is 6. The van der Waals surface area contributed by atoms with Gasteiger partial charge in [0, 0.05) is 111 Å². The lowest BCUT2D eigenvalue weighted by atomic mass is 10.1. The van der Waals surface area contributed by atoms with Gasteiger partial charge in [-0.25, -0.2) is 24.6 Å². The van der Waals surface area contributed by atoms with Crippen LogP contribution in [-0.4, -0.2) is 72.6 Å². The molecule has 0 aliphatic rings. The van der Waals surface area contributed by atoms with Crippen LogP contribution in [0, 0.1) is 0 Å². The van der Waals surface area contributed by atoms with E-state index in [-0.39, 0.29) is 0 Å². The van der Waals surface area contributed by atoms with Gasteiger partial charge in [0.05, 0.1) is 53.1 Å². The molecule has 0 spiro atoms. The number of hydrogen-bond acceptors (Lipinski definition) is 10. The number of benzene rings is 6. The number of fused-ring (bicyclic) bond motifs is 14. The molecule has 8 aromatic heterocycles. The summed E-state index contributed by atoms with van der Waals surface area (Å²) in [5.74, 6) is 2.36. The number of nitrogen functional groups attached to an aromatic ring is 2. The van der Waals surface area contributed by atoms with Crippen LogP contribution < -0.4 is 20.9 Å². The number of nitrogens with zero attached hydrogens (tertiary/aromatic N) is 8. The first kappa shape index (κ1) is 44.0. The average Bonchev–Trinajstić information content (AvgIpc) is 4.25. The van der Waals surface area contributed by atoms with Gasteiger partial charge in [0.25, 0.3) is 0 Å². The van der Waals surface area contributed by atoms with E-state index in [2.05, 4.69) is 62.2 Å². The summed E-state index contributed by atoms with van der Waals surface area (Å²) < 4.78 is 16.6. The molecule has 0 fully saturated rings. The Hall–Kier alpha value is -8.02. The number of anilines is 2. The second-order valence-corrected chi connectivity index (χ2v) is 19.2. The van der Waals surface area contributed by atoms with E-state index in [0.717, 1.165) is 122 Å². The second kappa shape index (κ2) is 17.4. The molecule has 0 unspecified atom stereocenters. The molecule has 6 aromatic carbocycles. The monoisotopic (exact) mass is 1030 g/mol. The Kier molecular flexibility index (Phi) is 10.6. The maximum atomic E-state index is 6.46. The average molecular weight is 1030 g/mol. The normalized spacial score (nSPS) is 12.1. The van der Waals surface area contributed by atoms with Crippen molar-refractivity contribution in [2.45, 2.75) is 25.9 Å². The second-order valence-electron chi connectivity index (χ2n) is 17.5. The van der Waals surface area contributed by atoms with E-state index in [9.17, 15) is 0 Å². The number of halogens is 4. The summed E-state index contributed by atoms with van der Waals surface area (Å²) in [5.41, 5.74) is 21.8. The predicted molar refractivity (Wildman–Crippen MR) is 290 cm³/mol. The zero-order chi connectivity index (χ0) is 48.8. The van der Waals surface area contributed by atoms with E-state index in [1.165, 1.54) is 12.7 Å².